The Morgan fingerprint density at radius 2 is 1.61 bits per heavy atom. The zero-order chi connectivity index (χ0) is 21.1. The van der Waals surface area contributed by atoms with Gasteiger partial charge < -0.3 is 19.7 Å². The Hall–Kier alpha value is -2.57. The largest absolute Gasteiger partial charge is 0.448 e. The summed E-state index contributed by atoms with van der Waals surface area (Å²) in [6, 6.07) is 16.3. The van der Waals surface area contributed by atoms with Crippen molar-refractivity contribution in [1.82, 2.24) is 9.80 Å². The molecule has 2 heterocycles. The molecule has 164 valence electrons. The average molecular weight is 422 g/mol. The van der Waals surface area contributed by atoms with E-state index in [0.29, 0.717) is 6.54 Å². The first-order valence-electron chi connectivity index (χ1n) is 11.5. The molecule has 2 aromatic rings. The van der Waals surface area contributed by atoms with Crippen LogP contribution in [0.5, 0.6) is 11.5 Å². The van der Waals surface area contributed by atoms with Crippen LogP contribution in [0.25, 0.3) is 0 Å². The van der Waals surface area contributed by atoms with Gasteiger partial charge in [-0.05, 0) is 37.0 Å². The molecule has 1 aliphatic carbocycles. The molecule has 1 amide bonds. The molecule has 6 heteroatoms. The summed E-state index contributed by atoms with van der Waals surface area (Å²) in [5.41, 5.74) is 2.15. The van der Waals surface area contributed by atoms with Gasteiger partial charge in [-0.25, -0.2) is 0 Å². The standard InChI is InChI=1S/C25H31N3O3/c29-24(19-28-16-14-27(15-17-28)13-10-20-6-2-1-3-7-20)26-21-8-9-22-23(18-21)31-25(30-22)11-4-5-12-25/h1-3,6-9,18H,4-5,10-17,19H2,(H,26,29). The van der Waals surface area contributed by atoms with Crippen molar-refractivity contribution in [3.63, 3.8) is 0 Å². The third-order valence-electron chi connectivity index (χ3n) is 6.58. The van der Waals surface area contributed by atoms with Gasteiger partial charge in [0, 0.05) is 57.3 Å². The van der Waals surface area contributed by atoms with Crippen molar-refractivity contribution in [2.24, 2.45) is 0 Å². The Morgan fingerprint density at radius 3 is 2.39 bits per heavy atom. The van der Waals surface area contributed by atoms with Crippen LogP contribution in [0.3, 0.4) is 0 Å². The highest BCUT2D eigenvalue weighted by molar-refractivity contribution is 5.92. The van der Waals surface area contributed by atoms with Crippen molar-refractivity contribution in [2.45, 2.75) is 37.9 Å². The number of hydrogen-bond donors (Lipinski definition) is 1. The Balaban J connectivity index is 1.07. The fraction of sp³-hybridized carbons (Fsp3) is 0.480. The molecule has 31 heavy (non-hydrogen) atoms. The Morgan fingerprint density at radius 1 is 0.903 bits per heavy atom. The van der Waals surface area contributed by atoms with Gasteiger partial charge in [0.15, 0.2) is 11.5 Å². The Labute approximate surface area is 184 Å². The molecular weight excluding hydrogens is 390 g/mol. The van der Waals surface area contributed by atoms with Crippen LogP contribution in [0.1, 0.15) is 31.2 Å². The lowest BCUT2D eigenvalue weighted by molar-refractivity contribution is -0.117. The monoisotopic (exact) mass is 421 g/mol. The van der Waals surface area contributed by atoms with Crippen molar-refractivity contribution in [1.29, 1.82) is 0 Å². The second-order valence-corrected chi connectivity index (χ2v) is 8.88. The van der Waals surface area contributed by atoms with Gasteiger partial charge in [-0.3, -0.25) is 9.69 Å². The molecule has 0 unspecified atom stereocenters. The number of nitrogens with zero attached hydrogens (tertiary/aromatic N) is 2. The molecule has 5 rings (SSSR count). The van der Waals surface area contributed by atoms with Gasteiger partial charge in [0.05, 0.1) is 6.54 Å². The maximum absolute atomic E-state index is 12.6. The SMILES string of the molecule is O=C(CN1CCN(CCc2ccccc2)CC1)Nc1ccc2c(c1)OC1(CCCC1)O2. The number of carbonyl (C=O) groups excluding carboxylic acids is 1. The number of piperazine rings is 1. The number of amides is 1. The smallest absolute Gasteiger partial charge is 0.251 e. The third kappa shape index (κ3) is 4.86. The lowest BCUT2D eigenvalue weighted by atomic mass is 10.1. The van der Waals surface area contributed by atoms with Gasteiger partial charge in [-0.15, -0.1) is 0 Å². The van der Waals surface area contributed by atoms with E-state index in [1.165, 1.54) is 5.56 Å². The molecule has 1 saturated heterocycles. The van der Waals surface area contributed by atoms with E-state index in [0.717, 1.165) is 82.0 Å². The Bertz CT molecular complexity index is 903. The molecule has 2 aromatic carbocycles. The fourth-order valence-corrected chi connectivity index (χ4v) is 4.80. The van der Waals surface area contributed by atoms with Crippen LogP contribution >= 0.6 is 0 Å². The lowest BCUT2D eigenvalue weighted by Crippen LogP contribution is -2.49. The summed E-state index contributed by atoms with van der Waals surface area (Å²) < 4.78 is 12.2. The molecule has 2 aliphatic heterocycles. The Kier molecular flexibility index (Phi) is 5.83. The number of rotatable bonds is 6. The summed E-state index contributed by atoms with van der Waals surface area (Å²) in [5.74, 6) is 1.08. The molecular formula is C25H31N3O3. The minimum absolute atomic E-state index is 0.0205. The first kappa shape index (κ1) is 20.3. The van der Waals surface area contributed by atoms with Crippen LogP contribution < -0.4 is 14.8 Å². The van der Waals surface area contributed by atoms with Crippen molar-refractivity contribution in [2.75, 3.05) is 44.6 Å². The number of nitrogens with one attached hydrogen (secondary N) is 1. The number of hydrogen-bond acceptors (Lipinski definition) is 5. The van der Waals surface area contributed by atoms with Crippen molar-refractivity contribution in [3.05, 3.63) is 54.1 Å². The first-order chi connectivity index (χ1) is 15.2. The molecule has 2 fully saturated rings. The van der Waals surface area contributed by atoms with E-state index >= 15 is 0 Å². The molecule has 0 radical (unpaired) electrons. The van der Waals surface area contributed by atoms with Crippen molar-refractivity contribution < 1.29 is 14.3 Å². The van der Waals surface area contributed by atoms with Crippen LogP contribution in [0.15, 0.2) is 48.5 Å². The minimum atomic E-state index is -0.467. The second kappa shape index (κ2) is 8.89. The predicted molar refractivity (Wildman–Crippen MR) is 121 cm³/mol. The highest BCUT2D eigenvalue weighted by Crippen LogP contribution is 2.47. The molecule has 1 N–H and O–H groups in total. The summed E-state index contributed by atoms with van der Waals surface area (Å²) in [6.45, 7) is 5.35. The molecule has 3 aliphatic rings. The van der Waals surface area contributed by atoms with Gasteiger partial charge in [0.25, 0.3) is 5.79 Å². The summed E-state index contributed by atoms with van der Waals surface area (Å²) in [5, 5.41) is 3.03. The van der Waals surface area contributed by atoms with Crippen molar-refractivity contribution in [3.8, 4) is 11.5 Å². The second-order valence-electron chi connectivity index (χ2n) is 8.88. The van der Waals surface area contributed by atoms with Crippen LogP contribution in [-0.4, -0.2) is 60.8 Å². The number of fused-ring (bicyclic) bond motifs is 1. The molecule has 6 nitrogen and oxygen atoms in total. The summed E-state index contributed by atoms with van der Waals surface area (Å²) >= 11 is 0. The van der Waals surface area contributed by atoms with E-state index in [2.05, 4.69) is 45.4 Å². The minimum Gasteiger partial charge on any atom is -0.448 e. The van der Waals surface area contributed by atoms with Crippen LogP contribution in [0.4, 0.5) is 5.69 Å². The maximum atomic E-state index is 12.6. The topological polar surface area (TPSA) is 54.0 Å². The van der Waals surface area contributed by atoms with Gasteiger partial charge in [0.2, 0.25) is 5.91 Å². The predicted octanol–water partition coefficient (Wildman–Crippen LogP) is 3.53. The van der Waals surface area contributed by atoms with Crippen LogP contribution in [-0.2, 0) is 11.2 Å². The van der Waals surface area contributed by atoms with Crippen LogP contribution in [0, 0.1) is 0 Å². The van der Waals surface area contributed by atoms with E-state index < -0.39 is 5.79 Å². The molecule has 0 bridgehead atoms. The van der Waals surface area contributed by atoms with Gasteiger partial charge >= 0.3 is 0 Å². The normalized spacial score (nSPS) is 20.3. The van der Waals surface area contributed by atoms with Gasteiger partial charge in [0.1, 0.15) is 0 Å². The molecule has 1 saturated carbocycles. The fourth-order valence-electron chi connectivity index (χ4n) is 4.80. The van der Waals surface area contributed by atoms with Crippen LogP contribution in [0.2, 0.25) is 0 Å². The molecule has 0 atom stereocenters. The number of anilines is 1. The third-order valence-corrected chi connectivity index (χ3v) is 6.58. The van der Waals surface area contributed by atoms with E-state index in [1.54, 1.807) is 0 Å². The quantitative estimate of drug-likeness (QED) is 0.773. The van der Waals surface area contributed by atoms with Gasteiger partial charge in [-0.1, -0.05) is 30.3 Å². The number of benzene rings is 2. The highest BCUT2D eigenvalue weighted by Gasteiger charge is 2.44. The van der Waals surface area contributed by atoms with E-state index in [4.69, 9.17) is 9.47 Å². The van der Waals surface area contributed by atoms with E-state index in [9.17, 15) is 4.79 Å². The maximum Gasteiger partial charge on any atom is 0.251 e. The van der Waals surface area contributed by atoms with E-state index in [1.807, 2.05) is 18.2 Å². The first-order valence-corrected chi connectivity index (χ1v) is 11.5. The number of ether oxygens (including phenoxy) is 2. The highest BCUT2D eigenvalue weighted by atomic mass is 16.7. The zero-order valence-electron chi connectivity index (χ0n) is 18.0. The average Bonchev–Trinajstić information content (AvgIpc) is 3.39. The zero-order valence-corrected chi connectivity index (χ0v) is 18.0. The number of carbonyl (C=O) groups is 1. The molecule has 0 aromatic heterocycles. The van der Waals surface area contributed by atoms with E-state index in [-0.39, 0.29) is 5.91 Å². The van der Waals surface area contributed by atoms with Crippen molar-refractivity contribution >= 4 is 11.6 Å². The summed E-state index contributed by atoms with van der Waals surface area (Å²) in [7, 11) is 0. The molecule has 1 spiro atoms. The summed E-state index contributed by atoms with van der Waals surface area (Å²) in [4.78, 5) is 17.3. The van der Waals surface area contributed by atoms with Gasteiger partial charge in [-0.2, -0.15) is 0 Å². The summed E-state index contributed by atoms with van der Waals surface area (Å²) in [6.07, 6.45) is 5.21. The lowest BCUT2D eigenvalue weighted by Gasteiger charge is -2.34.